The van der Waals surface area contributed by atoms with Crippen molar-refractivity contribution in [3.8, 4) is 51.0 Å². The molecular weight excluding hydrogens is 765 g/mol. The molecule has 12 rings (SSSR count). The maximum atomic E-state index is 5.27. The van der Waals surface area contributed by atoms with Crippen molar-refractivity contribution >= 4 is 54.1 Å². The summed E-state index contributed by atoms with van der Waals surface area (Å²) in [5.41, 5.74) is 11.9. The van der Waals surface area contributed by atoms with Crippen LogP contribution < -0.4 is 0 Å². The first-order valence-corrected chi connectivity index (χ1v) is 22.1. The van der Waals surface area contributed by atoms with Crippen molar-refractivity contribution in [2.24, 2.45) is 0 Å². The van der Waals surface area contributed by atoms with E-state index in [4.69, 9.17) is 15.0 Å². The third kappa shape index (κ3) is 6.07. The Morgan fingerprint density at radius 3 is 1.73 bits per heavy atom. The third-order valence-electron chi connectivity index (χ3n) is 13.9. The molecule has 1 aliphatic carbocycles. The Balaban J connectivity index is 1.06. The van der Waals surface area contributed by atoms with Crippen LogP contribution in [0.2, 0.25) is 0 Å². The molecule has 2 aromatic heterocycles. The highest BCUT2D eigenvalue weighted by atomic mass is 15.0. The number of rotatable bonds is 5. The third-order valence-corrected chi connectivity index (χ3v) is 13.9. The van der Waals surface area contributed by atoms with Crippen LogP contribution in [0.5, 0.6) is 0 Å². The SMILES string of the molecule is CC1(C)CCC(C)(C)c2cc3c(cc21)c1ccc2ccccc2c1n3-c1cccc2c(-c3nc(-c4ccccc4)nc(-c4ccc(-c5ccc6ccccc6c5)cc4)n3)cccc12. The molecule has 2 heterocycles. The van der Waals surface area contributed by atoms with E-state index in [1.165, 1.54) is 66.5 Å². The lowest BCUT2D eigenvalue weighted by Gasteiger charge is -2.42. The molecule has 0 spiro atoms. The first kappa shape index (κ1) is 37.3. The number of hydrogen-bond donors (Lipinski definition) is 0. The van der Waals surface area contributed by atoms with Crippen LogP contribution in [-0.4, -0.2) is 19.5 Å². The smallest absolute Gasteiger partial charge is 0.164 e. The van der Waals surface area contributed by atoms with Gasteiger partial charge < -0.3 is 4.57 Å². The van der Waals surface area contributed by atoms with Crippen LogP contribution in [-0.2, 0) is 10.8 Å². The molecule has 11 aromatic rings. The van der Waals surface area contributed by atoms with Gasteiger partial charge in [-0.25, -0.2) is 15.0 Å². The van der Waals surface area contributed by atoms with Gasteiger partial charge in [-0.05, 0) is 91.7 Å². The van der Waals surface area contributed by atoms with Crippen LogP contribution in [0.4, 0.5) is 0 Å². The number of fused-ring (bicyclic) bond motifs is 8. The normalized spacial score (nSPS) is 14.5. The topological polar surface area (TPSA) is 43.6 Å². The number of hydrogen-bond acceptors (Lipinski definition) is 3. The van der Waals surface area contributed by atoms with Gasteiger partial charge in [-0.1, -0.05) is 185 Å². The van der Waals surface area contributed by atoms with E-state index < -0.39 is 0 Å². The summed E-state index contributed by atoms with van der Waals surface area (Å²) in [6.07, 6.45) is 2.33. The zero-order valence-electron chi connectivity index (χ0n) is 36.0. The number of benzene rings is 9. The average Bonchev–Trinajstić information content (AvgIpc) is 3.66. The summed E-state index contributed by atoms with van der Waals surface area (Å²) in [4.78, 5) is 15.6. The molecule has 0 atom stereocenters. The van der Waals surface area contributed by atoms with E-state index in [0.29, 0.717) is 17.5 Å². The van der Waals surface area contributed by atoms with E-state index in [-0.39, 0.29) is 10.8 Å². The second kappa shape index (κ2) is 14.1. The Hall–Kier alpha value is -7.43. The van der Waals surface area contributed by atoms with E-state index in [2.05, 4.69) is 196 Å². The van der Waals surface area contributed by atoms with Gasteiger partial charge in [0.25, 0.3) is 0 Å². The Bertz CT molecular complexity index is 3610. The molecule has 0 N–H and O–H groups in total. The summed E-state index contributed by atoms with van der Waals surface area (Å²) in [7, 11) is 0. The molecule has 0 saturated carbocycles. The fraction of sp³-hybridized carbons (Fsp3) is 0.136. The lowest BCUT2D eigenvalue weighted by molar-refractivity contribution is 0.332. The Morgan fingerprint density at radius 1 is 0.381 bits per heavy atom. The van der Waals surface area contributed by atoms with Crippen LogP contribution >= 0.6 is 0 Å². The van der Waals surface area contributed by atoms with Crippen molar-refractivity contribution in [3.05, 3.63) is 193 Å². The fourth-order valence-corrected chi connectivity index (χ4v) is 10.3. The summed E-state index contributed by atoms with van der Waals surface area (Å²) in [5.74, 6) is 1.93. The zero-order valence-corrected chi connectivity index (χ0v) is 36.0. The van der Waals surface area contributed by atoms with Gasteiger partial charge in [0.1, 0.15) is 0 Å². The second-order valence-corrected chi connectivity index (χ2v) is 18.7. The summed E-state index contributed by atoms with van der Waals surface area (Å²) >= 11 is 0. The van der Waals surface area contributed by atoms with Crippen molar-refractivity contribution < 1.29 is 0 Å². The van der Waals surface area contributed by atoms with Crippen molar-refractivity contribution in [3.63, 3.8) is 0 Å². The second-order valence-electron chi connectivity index (χ2n) is 18.7. The summed E-state index contributed by atoms with van der Waals surface area (Å²) < 4.78 is 2.54. The maximum Gasteiger partial charge on any atom is 0.164 e. The van der Waals surface area contributed by atoms with Crippen molar-refractivity contribution in [2.75, 3.05) is 0 Å². The van der Waals surface area contributed by atoms with Crippen LogP contribution in [0, 0.1) is 0 Å². The molecule has 302 valence electrons. The largest absolute Gasteiger partial charge is 0.308 e. The van der Waals surface area contributed by atoms with Gasteiger partial charge in [0.05, 0.1) is 16.7 Å². The van der Waals surface area contributed by atoms with Gasteiger partial charge in [0.15, 0.2) is 17.5 Å². The molecule has 63 heavy (non-hydrogen) atoms. The predicted molar refractivity (Wildman–Crippen MR) is 264 cm³/mol. The maximum absolute atomic E-state index is 5.27. The Kier molecular flexibility index (Phi) is 8.33. The molecule has 0 saturated heterocycles. The minimum absolute atomic E-state index is 0.0674. The van der Waals surface area contributed by atoms with Crippen LogP contribution in [0.15, 0.2) is 182 Å². The molecule has 0 unspecified atom stereocenters. The molecule has 0 radical (unpaired) electrons. The standard InChI is InChI=1S/C59H46N4/c1-58(2)32-33-59(3,4)51-36-53-49(35-50(51)58)47-31-30-39-15-10-11-19-44(39)54(47)63(53)52-23-13-20-45-46(52)21-12-22-48(45)57-61-55(40-16-6-5-7-17-40)60-56(62-57)41-27-24-38(25-28-41)43-29-26-37-14-8-9-18-42(37)34-43/h5-31,34-36H,32-33H2,1-4H3. The summed E-state index contributed by atoms with van der Waals surface area (Å²) in [6, 6.07) is 65.8. The van der Waals surface area contributed by atoms with Gasteiger partial charge in [-0.15, -0.1) is 0 Å². The Labute approximate surface area is 367 Å². The highest BCUT2D eigenvalue weighted by Gasteiger charge is 2.38. The highest BCUT2D eigenvalue weighted by molar-refractivity contribution is 6.20. The van der Waals surface area contributed by atoms with E-state index in [1.807, 2.05) is 18.2 Å². The zero-order chi connectivity index (χ0) is 42.5. The van der Waals surface area contributed by atoms with Gasteiger partial charge in [-0.3, -0.25) is 0 Å². The van der Waals surface area contributed by atoms with E-state index in [1.54, 1.807) is 0 Å². The minimum atomic E-state index is 0.0674. The van der Waals surface area contributed by atoms with Crippen molar-refractivity contribution in [1.29, 1.82) is 0 Å². The van der Waals surface area contributed by atoms with E-state index >= 15 is 0 Å². The first-order chi connectivity index (χ1) is 30.7. The van der Waals surface area contributed by atoms with Gasteiger partial charge in [-0.2, -0.15) is 0 Å². The minimum Gasteiger partial charge on any atom is -0.308 e. The van der Waals surface area contributed by atoms with Gasteiger partial charge in [0, 0.05) is 38.2 Å². The quantitative estimate of drug-likeness (QED) is 0.174. The van der Waals surface area contributed by atoms with Crippen molar-refractivity contribution in [2.45, 2.75) is 51.4 Å². The molecule has 4 nitrogen and oxygen atoms in total. The van der Waals surface area contributed by atoms with E-state index in [0.717, 1.165) is 45.1 Å². The van der Waals surface area contributed by atoms with Gasteiger partial charge >= 0.3 is 0 Å². The molecule has 0 fully saturated rings. The molecular formula is C59H46N4. The molecule has 1 aliphatic rings. The van der Waals surface area contributed by atoms with Crippen LogP contribution in [0.3, 0.4) is 0 Å². The molecule has 0 amide bonds. The lowest BCUT2D eigenvalue weighted by Crippen LogP contribution is -2.33. The summed E-state index contributed by atoms with van der Waals surface area (Å²) in [5, 5.41) is 9.75. The fourth-order valence-electron chi connectivity index (χ4n) is 10.3. The molecule has 9 aromatic carbocycles. The average molecular weight is 811 g/mol. The molecule has 0 aliphatic heterocycles. The number of nitrogens with zero attached hydrogens (tertiary/aromatic N) is 4. The van der Waals surface area contributed by atoms with E-state index in [9.17, 15) is 0 Å². The predicted octanol–water partition coefficient (Wildman–Crippen LogP) is 15.4. The number of aromatic nitrogens is 4. The van der Waals surface area contributed by atoms with Crippen LogP contribution in [0.25, 0.3) is 105 Å². The first-order valence-electron chi connectivity index (χ1n) is 22.1. The highest BCUT2D eigenvalue weighted by Crippen LogP contribution is 2.49. The lowest BCUT2D eigenvalue weighted by atomic mass is 9.63. The summed E-state index contributed by atoms with van der Waals surface area (Å²) in [6.45, 7) is 9.69. The molecule has 0 bridgehead atoms. The van der Waals surface area contributed by atoms with Crippen LogP contribution in [0.1, 0.15) is 51.7 Å². The monoisotopic (exact) mass is 810 g/mol. The Morgan fingerprint density at radius 2 is 0.952 bits per heavy atom. The van der Waals surface area contributed by atoms with Gasteiger partial charge in [0.2, 0.25) is 0 Å². The molecule has 4 heteroatoms. The van der Waals surface area contributed by atoms with Crippen molar-refractivity contribution in [1.82, 2.24) is 19.5 Å².